The number of carbonyl (C=O) groups excluding carboxylic acids is 1. The summed E-state index contributed by atoms with van der Waals surface area (Å²) in [5.74, 6) is 2.13. The summed E-state index contributed by atoms with van der Waals surface area (Å²) in [5, 5.41) is 3.02. The fourth-order valence-corrected chi connectivity index (χ4v) is 2.92. The van der Waals surface area contributed by atoms with Gasteiger partial charge in [-0.3, -0.25) is 4.79 Å². The summed E-state index contributed by atoms with van der Waals surface area (Å²) in [6, 6.07) is 2.13. The first kappa shape index (κ1) is 14.2. The first-order valence-corrected chi connectivity index (χ1v) is 7.68. The molecule has 3 rings (SSSR count). The van der Waals surface area contributed by atoms with E-state index in [2.05, 4.69) is 11.4 Å². The van der Waals surface area contributed by atoms with Crippen LogP contribution >= 0.6 is 0 Å². The van der Waals surface area contributed by atoms with Gasteiger partial charge in [-0.15, -0.1) is 0 Å². The third-order valence-electron chi connectivity index (χ3n) is 4.10. The molecule has 114 valence electrons. The first-order valence-electron chi connectivity index (χ1n) is 7.68. The van der Waals surface area contributed by atoms with Crippen LogP contribution < -0.4 is 14.8 Å². The summed E-state index contributed by atoms with van der Waals surface area (Å²) in [4.78, 5) is 12.0. The van der Waals surface area contributed by atoms with Gasteiger partial charge in [-0.1, -0.05) is 20.8 Å². The SMILES string of the molecule is CC(C)(C)C(=O)NCCc1c2c(cc3c1OCC3)OCC2. The lowest BCUT2D eigenvalue weighted by Gasteiger charge is -2.18. The molecule has 2 heterocycles. The molecule has 0 saturated carbocycles. The van der Waals surface area contributed by atoms with Crippen molar-refractivity contribution in [2.75, 3.05) is 19.8 Å². The van der Waals surface area contributed by atoms with Gasteiger partial charge in [0.1, 0.15) is 11.5 Å². The van der Waals surface area contributed by atoms with Crippen LogP contribution in [0.5, 0.6) is 11.5 Å². The van der Waals surface area contributed by atoms with Gasteiger partial charge in [-0.2, -0.15) is 0 Å². The van der Waals surface area contributed by atoms with Gasteiger partial charge >= 0.3 is 0 Å². The molecular weight excluding hydrogens is 266 g/mol. The molecule has 21 heavy (non-hydrogen) atoms. The van der Waals surface area contributed by atoms with Crippen molar-refractivity contribution in [1.29, 1.82) is 0 Å². The second-order valence-corrected chi connectivity index (χ2v) is 6.77. The Morgan fingerprint density at radius 2 is 2.00 bits per heavy atom. The Hall–Kier alpha value is -1.71. The van der Waals surface area contributed by atoms with E-state index in [0.717, 1.165) is 44.0 Å². The molecule has 0 fully saturated rings. The van der Waals surface area contributed by atoms with Gasteiger partial charge in [0, 0.05) is 41.5 Å². The van der Waals surface area contributed by atoms with Crippen LogP contribution in [0.25, 0.3) is 0 Å². The van der Waals surface area contributed by atoms with Crippen LogP contribution in [0, 0.1) is 5.41 Å². The van der Waals surface area contributed by atoms with Crippen molar-refractivity contribution in [2.45, 2.75) is 40.0 Å². The molecule has 1 aromatic carbocycles. The zero-order chi connectivity index (χ0) is 15.0. The Labute approximate surface area is 125 Å². The predicted molar refractivity (Wildman–Crippen MR) is 81.0 cm³/mol. The molecule has 0 aromatic heterocycles. The molecule has 0 spiro atoms. The smallest absolute Gasteiger partial charge is 0.225 e. The average Bonchev–Trinajstić information content (AvgIpc) is 3.04. The number of nitrogens with one attached hydrogen (secondary N) is 1. The molecule has 1 aromatic rings. The van der Waals surface area contributed by atoms with Crippen molar-refractivity contribution in [3.8, 4) is 11.5 Å². The summed E-state index contributed by atoms with van der Waals surface area (Å²) in [7, 11) is 0. The van der Waals surface area contributed by atoms with E-state index in [9.17, 15) is 4.79 Å². The standard InChI is InChI=1S/C17H23NO3/c1-17(2,3)16(19)18-7-4-13-12-6-9-20-14(12)10-11-5-8-21-15(11)13/h10H,4-9H2,1-3H3,(H,18,19). The molecule has 0 bridgehead atoms. The summed E-state index contributed by atoms with van der Waals surface area (Å²) in [6.07, 6.45) is 2.69. The fourth-order valence-electron chi connectivity index (χ4n) is 2.92. The van der Waals surface area contributed by atoms with Gasteiger partial charge in [-0.25, -0.2) is 0 Å². The highest BCUT2D eigenvalue weighted by Gasteiger charge is 2.26. The van der Waals surface area contributed by atoms with Crippen LogP contribution in [0.1, 0.15) is 37.5 Å². The number of carbonyl (C=O) groups is 1. The highest BCUT2D eigenvalue weighted by Crippen LogP contribution is 2.40. The fraction of sp³-hybridized carbons (Fsp3) is 0.588. The van der Waals surface area contributed by atoms with Crippen LogP contribution in [0.4, 0.5) is 0 Å². The van der Waals surface area contributed by atoms with Crippen molar-refractivity contribution in [3.05, 3.63) is 22.8 Å². The zero-order valence-electron chi connectivity index (χ0n) is 13.0. The molecule has 0 saturated heterocycles. The van der Waals surface area contributed by atoms with Crippen molar-refractivity contribution in [2.24, 2.45) is 5.41 Å². The van der Waals surface area contributed by atoms with E-state index < -0.39 is 0 Å². The maximum atomic E-state index is 12.0. The van der Waals surface area contributed by atoms with Gasteiger partial charge in [0.2, 0.25) is 5.91 Å². The number of benzene rings is 1. The molecule has 0 atom stereocenters. The van der Waals surface area contributed by atoms with Crippen molar-refractivity contribution in [3.63, 3.8) is 0 Å². The Bertz CT molecular complexity index is 540. The van der Waals surface area contributed by atoms with Gasteiger partial charge in [-0.05, 0) is 12.5 Å². The number of ether oxygens (including phenoxy) is 2. The summed E-state index contributed by atoms with van der Waals surface area (Å²) >= 11 is 0. The lowest BCUT2D eigenvalue weighted by Crippen LogP contribution is -2.36. The number of hydrogen-bond donors (Lipinski definition) is 1. The van der Waals surface area contributed by atoms with Crippen molar-refractivity contribution in [1.82, 2.24) is 5.32 Å². The van der Waals surface area contributed by atoms with E-state index in [1.807, 2.05) is 20.8 Å². The summed E-state index contributed by atoms with van der Waals surface area (Å²) in [6.45, 7) is 7.92. The Kier molecular flexibility index (Phi) is 3.56. The quantitative estimate of drug-likeness (QED) is 0.928. The van der Waals surface area contributed by atoms with Gasteiger partial charge in [0.15, 0.2) is 0 Å². The normalized spacial score (nSPS) is 16.0. The van der Waals surface area contributed by atoms with Gasteiger partial charge in [0.25, 0.3) is 0 Å². The largest absolute Gasteiger partial charge is 0.493 e. The van der Waals surface area contributed by atoms with Gasteiger partial charge < -0.3 is 14.8 Å². The van der Waals surface area contributed by atoms with E-state index in [-0.39, 0.29) is 11.3 Å². The van der Waals surface area contributed by atoms with Crippen LogP contribution in [-0.4, -0.2) is 25.7 Å². The second-order valence-electron chi connectivity index (χ2n) is 6.77. The zero-order valence-corrected chi connectivity index (χ0v) is 13.0. The van der Waals surface area contributed by atoms with E-state index in [4.69, 9.17) is 9.47 Å². The first-order chi connectivity index (χ1) is 9.97. The maximum Gasteiger partial charge on any atom is 0.225 e. The minimum atomic E-state index is -0.347. The Morgan fingerprint density at radius 1 is 1.24 bits per heavy atom. The molecule has 1 N–H and O–H groups in total. The minimum Gasteiger partial charge on any atom is -0.493 e. The topological polar surface area (TPSA) is 47.6 Å². The molecule has 0 radical (unpaired) electrons. The lowest BCUT2D eigenvalue weighted by atomic mass is 9.95. The van der Waals surface area contributed by atoms with Crippen molar-refractivity contribution < 1.29 is 14.3 Å². The summed E-state index contributed by atoms with van der Waals surface area (Å²) < 4.78 is 11.5. The Balaban J connectivity index is 1.75. The third kappa shape index (κ3) is 2.71. The molecule has 4 nitrogen and oxygen atoms in total. The molecule has 0 unspecified atom stereocenters. The molecular formula is C17H23NO3. The second kappa shape index (κ2) is 5.24. The summed E-state index contributed by atoms with van der Waals surface area (Å²) in [5.41, 5.74) is 3.39. The molecule has 2 aliphatic rings. The lowest BCUT2D eigenvalue weighted by molar-refractivity contribution is -0.128. The molecule has 0 aliphatic carbocycles. The molecule has 1 amide bonds. The third-order valence-corrected chi connectivity index (χ3v) is 4.10. The van der Waals surface area contributed by atoms with Crippen LogP contribution in [-0.2, 0) is 24.1 Å². The number of amides is 1. The van der Waals surface area contributed by atoms with Crippen LogP contribution in [0.3, 0.4) is 0 Å². The van der Waals surface area contributed by atoms with Gasteiger partial charge in [0.05, 0.1) is 13.2 Å². The predicted octanol–water partition coefficient (Wildman–Crippen LogP) is 2.26. The molecule has 2 aliphatic heterocycles. The van der Waals surface area contributed by atoms with E-state index in [1.165, 1.54) is 16.7 Å². The minimum absolute atomic E-state index is 0.0869. The van der Waals surface area contributed by atoms with E-state index in [1.54, 1.807) is 0 Å². The number of fused-ring (bicyclic) bond motifs is 2. The average molecular weight is 289 g/mol. The maximum absolute atomic E-state index is 12.0. The molecule has 4 heteroatoms. The van der Waals surface area contributed by atoms with Crippen LogP contribution in [0.15, 0.2) is 6.07 Å². The number of hydrogen-bond acceptors (Lipinski definition) is 3. The Morgan fingerprint density at radius 3 is 2.76 bits per heavy atom. The number of rotatable bonds is 3. The monoisotopic (exact) mass is 289 g/mol. The van der Waals surface area contributed by atoms with Crippen molar-refractivity contribution >= 4 is 5.91 Å². The van der Waals surface area contributed by atoms with E-state index >= 15 is 0 Å². The highest BCUT2D eigenvalue weighted by atomic mass is 16.5. The van der Waals surface area contributed by atoms with E-state index in [0.29, 0.717) is 6.54 Å². The highest BCUT2D eigenvalue weighted by molar-refractivity contribution is 5.81. The van der Waals surface area contributed by atoms with Crippen LogP contribution in [0.2, 0.25) is 0 Å².